The highest BCUT2D eigenvalue weighted by Gasteiger charge is 2.61. The summed E-state index contributed by atoms with van der Waals surface area (Å²) in [5, 5.41) is 7.35. The van der Waals surface area contributed by atoms with Gasteiger partial charge in [-0.2, -0.15) is 0 Å². The number of carbonyl (C=O) groups is 1. The van der Waals surface area contributed by atoms with Crippen molar-refractivity contribution in [2.45, 2.75) is 70.2 Å². The van der Waals surface area contributed by atoms with Gasteiger partial charge in [-0.15, -0.1) is 0 Å². The van der Waals surface area contributed by atoms with Crippen LogP contribution in [0.15, 0.2) is 54.6 Å². The third-order valence-electron chi connectivity index (χ3n) is 8.41. The third-order valence-corrected chi connectivity index (χ3v) is 8.41. The molecule has 0 spiro atoms. The predicted octanol–water partition coefficient (Wildman–Crippen LogP) is 5.23. The first kappa shape index (κ1) is 22.4. The number of fused-ring (bicyclic) bond motifs is 4. The van der Waals surface area contributed by atoms with Gasteiger partial charge in [-0.05, 0) is 70.1 Å². The number of hydrogen-bond acceptors (Lipinski definition) is 4. The van der Waals surface area contributed by atoms with Crippen molar-refractivity contribution in [3.8, 4) is 11.5 Å². The molecular formula is C28H36N2O3. The lowest BCUT2D eigenvalue weighted by Crippen LogP contribution is -2.73. The highest BCUT2D eigenvalue weighted by atomic mass is 16.5. The summed E-state index contributed by atoms with van der Waals surface area (Å²) >= 11 is 0. The largest absolute Gasteiger partial charge is 0.457 e. The van der Waals surface area contributed by atoms with Gasteiger partial charge in [0, 0.05) is 36.6 Å². The van der Waals surface area contributed by atoms with Crippen molar-refractivity contribution in [3.05, 3.63) is 60.2 Å². The van der Waals surface area contributed by atoms with E-state index in [9.17, 15) is 4.79 Å². The molecule has 0 radical (unpaired) electrons. The van der Waals surface area contributed by atoms with E-state index < -0.39 is 0 Å². The minimum atomic E-state index is -0.284. The molecule has 2 aliphatic heterocycles. The molecule has 5 rings (SSSR count). The van der Waals surface area contributed by atoms with Gasteiger partial charge in [0.1, 0.15) is 11.5 Å². The molecule has 2 aromatic carbocycles. The lowest BCUT2D eigenvalue weighted by Gasteiger charge is -2.63. The first-order chi connectivity index (χ1) is 15.8. The van der Waals surface area contributed by atoms with Gasteiger partial charge in [0.2, 0.25) is 5.91 Å². The standard InChI is InChI=1S/C28H36N2O3/c1-18-23-16-20(27(3,4)29-18)17-24-26(32-15-14-28(23,24)30-19(2)31)22-12-8-9-13-25(22)33-21-10-6-5-7-11-21/h5-13,18,20,23-24,26,29H,14-17H2,1-4H3,(H,30,31)/t18-,20?,23?,24+,26+,28+/m1/s1. The summed E-state index contributed by atoms with van der Waals surface area (Å²) < 4.78 is 12.9. The third kappa shape index (κ3) is 3.95. The quantitative estimate of drug-likeness (QED) is 0.673. The van der Waals surface area contributed by atoms with Crippen LogP contribution >= 0.6 is 0 Å². The Kier molecular flexibility index (Phi) is 5.74. The van der Waals surface area contributed by atoms with Crippen LogP contribution in [0.5, 0.6) is 11.5 Å². The molecule has 176 valence electrons. The number of para-hydroxylation sites is 2. The fraction of sp³-hybridized carbons (Fsp3) is 0.536. The van der Waals surface area contributed by atoms with Crippen LogP contribution in [0.4, 0.5) is 0 Å². The molecule has 1 amide bonds. The van der Waals surface area contributed by atoms with Gasteiger partial charge < -0.3 is 20.1 Å². The SMILES string of the molecule is CC(=O)N[C@]12CCO[C@@H](c3ccccc3Oc3ccccc3)[C@@H]1CC1CC2[C@@H](C)NC1(C)C. The van der Waals surface area contributed by atoms with E-state index in [0.29, 0.717) is 24.5 Å². The Bertz CT molecular complexity index is 1010. The van der Waals surface area contributed by atoms with Crippen LogP contribution in [0.25, 0.3) is 0 Å². The lowest BCUT2D eigenvalue weighted by atomic mass is 9.52. The maximum Gasteiger partial charge on any atom is 0.217 e. The minimum Gasteiger partial charge on any atom is -0.457 e. The second-order valence-corrected chi connectivity index (χ2v) is 10.8. The molecule has 1 aliphatic carbocycles. The Morgan fingerprint density at radius 1 is 1.06 bits per heavy atom. The predicted molar refractivity (Wildman–Crippen MR) is 129 cm³/mol. The summed E-state index contributed by atoms with van der Waals surface area (Å²) in [7, 11) is 0. The monoisotopic (exact) mass is 448 g/mol. The molecule has 3 fully saturated rings. The van der Waals surface area contributed by atoms with Crippen molar-refractivity contribution in [3.63, 3.8) is 0 Å². The Morgan fingerprint density at radius 2 is 1.76 bits per heavy atom. The van der Waals surface area contributed by atoms with Gasteiger partial charge >= 0.3 is 0 Å². The van der Waals surface area contributed by atoms with Crippen molar-refractivity contribution in [1.29, 1.82) is 0 Å². The van der Waals surface area contributed by atoms with Crippen LogP contribution in [0.1, 0.15) is 58.6 Å². The molecule has 6 atom stereocenters. The fourth-order valence-corrected chi connectivity index (χ4v) is 6.99. The smallest absolute Gasteiger partial charge is 0.217 e. The van der Waals surface area contributed by atoms with E-state index in [2.05, 4.69) is 43.5 Å². The van der Waals surface area contributed by atoms with Crippen LogP contribution in [-0.4, -0.2) is 29.6 Å². The Hall–Kier alpha value is -2.37. The second-order valence-electron chi connectivity index (χ2n) is 10.8. The van der Waals surface area contributed by atoms with Crippen LogP contribution in [-0.2, 0) is 9.53 Å². The zero-order chi connectivity index (χ0) is 23.2. The number of ether oxygens (including phenoxy) is 2. The van der Waals surface area contributed by atoms with Crippen molar-refractivity contribution < 1.29 is 14.3 Å². The summed E-state index contributed by atoms with van der Waals surface area (Å²) in [4.78, 5) is 12.5. The fourth-order valence-electron chi connectivity index (χ4n) is 6.99. The van der Waals surface area contributed by atoms with E-state index in [-0.39, 0.29) is 29.0 Å². The number of carbonyl (C=O) groups excluding carboxylic acids is 1. The molecule has 1 saturated carbocycles. The maximum absolute atomic E-state index is 12.5. The van der Waals surface area contributed by atoms with E-state index in [4.69, 9.17) is 9.47 Å². The molecule has 2 unspecified atom stereocenters. The second kappa shape index (κ2) is 8.44. The molecule has 2 aromatic rings. The van der Waals surface area contributed by atoms with Crippen molar-refractivity contribution in [2.24, 2.45) is 17.8 Å². The van der Waals surface area contributed by atoms with Crippen molar-refractivity contribution >= 4 is 5.91 Å². The topological polar surface area (TPSA) is 59.6 Å². The summed E-state index contributed by atoms with van der Waals surface area (Å²) in [6.07, 6.45) is 2.86. The zero-order valence-corrected chi connectivity index (χ0v) is 20.1. The lowest BCUT2D eigenvalue weighted by molar-refractivity contribution is -0.161. The molecule has 3 aliphatic rings. The van der Waals surface area contributed by atoms with E-state index in [0.717, 1.165) is 36.3 Å². The van der Waals surface area contributed by atoms with Gasteiger partial charge in [0.05, 0.1) is 11.6 Å². The van der Waals surface area contributed by atoms with E-state index >= 15 is 0 Å². The summed E-state index contributed by atoms with van der Waals surface area (Å²) in [5.41, 5.74) is 0.841. The van der Waals surface area contributed by atoms with E-state index in [1.165, 1.54) is 0 Å². The van der Waals surface area contributed by atoms with Crippen LogP contribution in [0.2, 0.25) is 0 Å². The van der Waals surface area contributed by atoms with Gasteiger partial charge in [-0.3, -0.25) is 4.79 Å². The molecular weight excluding hydrogens is 412 g/mol. The molecule has 33 heavy (non-hydrogen) atoms. The van der Waals surface area contributed by atoms with E-state index in [1.54, 1.807) is 6.92 Å². The summed E-state index contributed by atoms with van der Waals surface area (Å²) in [5.74, 6) is 2.76. The number of rotatable bonds is 4. The molecule has 2 saturated heterocycles. The van der Waals surface area contributed by atoms with Crippen molar-refractivity contribution in [1.82, 2.24) is 10.6 Å². The normalized spacial score (nSPS) is 34.7. The molecule has 2 heterocycles. The molecule has 5 heteroatoms. The maximum atomic E-state index is 12.5. The van der Waals surface area contributed by atoms with Gasteiger partial charge in [0.15, 0.2) is 0 Å². The number of hydrogen-bond donors (Lipinski definition) is 2. The van der Waals surface area contributed by atoms with Gasteiger partial charge in [-0.25, -0.2) is 0 Å². The van der Waals surface area contributed by atoms with E-state index in [1.807, 2.05) is 42.5 Å². The van der Waals surface area contributed by atoms with Gasteiger partial charge in [0.25, 0.3) is 0 Å². The summed E-state index contributed by atoms with van der Waals surface area (Å²) in [6, 6.07) is 18.4. The Balaban J connectivity index is 1.57. The van der Waals surface area contributed by atoms with Crippen molar-refractivity contribution in [2.75, 3.05) is 6.61 Å². The highest BCUT2D eigenvalue weighted by molar-refractivity contribution is 5.74. The molecule has 0 aromatic heterocycles. The highest BCUT2D eigenvalue weighted by Crippen LogP contribution is 2.57. The number of nitrogens with one attached hydrogen (secondary N) is 2. The van der Waals surface area contributed by atoms with Crippen LogP contribution in [0.3, 0.4) is 0 Å². The van der Waals surface area contributed by atoms with Crippen LogP contribution in [0, 0.1) is 17.8 Å². The minimum absolute atomic E-state index is 0.0463. The average Bonchev–Trinajstić information content (AvgIpc) is 2.77. The molecule has 2 bridgehead atoms. The average molecular weight is 449 g/mol. The summed E-state index contributed by atoms with van der Waals surface area (Å²) in [6.45, 7) is 9.20. The van der Waals surface area contributed by atoms with Crippen LogP contribution < -0.4 is 15.4 Å². The molecule has 5 nitrogen and oxygen atoms in total. The number of amides is 1. The Morgan fingerprint density at radius 3 is 2.52 bits per heavy atom. The van der Waals surface area contributed by atoms with Gasteiger partial charge in [-0.1, -0.05) is 36.4 Å². The zero-order valence-electron chi connectivity index (χ0n) is 20.1. The molecule has 2 N–H and O–H groups in total. The Labute approximate surface area is 197 Å². The number of piperidine rings is 1. The number of benzene rings is 2. The first-order valence-corrected chi connectivity index (χ1v) is 12.3. The first-order valence-electron chi connectivity index (χ1n) is 12.3.